The van der Waals surface area contributed by atoms with Gasteiger partial charge in [0.05, 0.1) is 6.04 Å². The Labute approximate surface area is 203 Å². The van der Waals surface area contributed by atoms with E-state index in [1.807, 2.05) is 31.1 Å². The largest absolute Gasteiger partial charge is 0.507 e. The molecule has 5 nitrogen and oxygen atoms in total. The van der Waals surface area contributed by atoms with Crippen molar-refractivity contribution in [1.29, 1.82) is 0 Å². The van der Waals surface area contributed by atoms with Gasteiger partial charge in [0.2, 0.25) is 0 Å². The van der Waals surface area contributed by atoms with Crippen LogP contribution in [0.5, 0.6) is 5.75 Å². The molecule has 0 saturated heterocycles. The van der Waals surface area contributed by atoms with Gasteiger partial charge in [-0.1, -0.05) is 48.0 Å². The van der Waals surface area contributed by atoms with Crippen LogP contribution in [0.25, 0.3) is 11.3 Å². The summed E-state index contributed by atoms with van der Waals surface area (Å²) in [5, 5.41) is 18.4. The summed E-state index contributed by atoms with van der Waals surface area (Å²) in [5.41, 5.74) is 7.77. The van der Waals surface area contributed by atoms with E-state index in [1.165, 1.54) is 5.56 Å². The molecule has 0 aliphatic carbocycles. The van der Waals surface area contributed by atoms with Crippen molar-refractivity contribution in [3.8, 4) is 17.0 Å². The Morgan fingerprint density at radius 3 is 2.35 bits per heavy atom. The average Bonchev–Trinajstić information content (AvgIpc) is 3.34. The first-order valence-electron chi connectivity index (χ1n) is 11.3. The molecule has 0 radical (unpaired) electrons. The minimum Gasteiger partial charge on any atom is -0.507 e. The molecule has 1 atom stereocenters. The molecule has 172 valence electrons. The molecule has 2 N–H and O–H groups in total. The van der Waals surface area contributed by atoms with E-state index in [0.717, 1.165) is 32.7 Å². The second-order valence-electron chi connectivity index (χ2n) is 8.93. The van der Waals surface area contributed by atoms with Crippen LogP contribution in [0.2, 0.25) is 0 Å². The topological polar surface area (TPSA) is 69.2 Å². The van der Waals surface area contributed by atoms with Crippen LogP contribution in [-0.2, 0) is 6.54 Å². The molecule has 1 aliphatic rings. The predicted octanol–water partition coefficient (Wildman–Crippen LogP) is 6.17. The molecule has 0 bridgehead atoms. The fraction of sp³-hybridized carbons (Fsp3) is 0.214. The Kier molecular flexibility index (Phi) is 5.70. The molecule has 34 heavy (non-hydrogen) atoms. The number of nitrogens with one attached hydrogen (secondary N) is 1. The Morgan fingerprint density at radius 1 is 1.00 bits per heavy atom. The van der Waals surface area contributed by atoms with Gasteiger partial charge in [-0.05, 0) is 67.5 Å². The van der Waals surface area contributed by atoms with Gasteiger partial charge in [0, 0.05) is 22.6 Å². The van der Waals surface area contributed by atoms with Crippen molar-refractivity contribution < 1.29 is 9.90 Å². The third-order valence-electron chi connectivity index (χ3n) is 6.46. The fourth-order valence-electron chi connectivity index (χ4n) is 4.83. The number of carbonyl (C=O) groups excluding carboxylic acids is 1. The molecule has 6 heteroatoms. The van der Waals surface area contributed by atoms with Gasteiger partial charge in [-0.2, -0.15) is 5.10 Å². The monoisotopic (exact) mass is 469 g/mol. The van der Waals surface area contributed by atoms with Crippen LogP contribution in [0.1, 0.15) is 49.9 Å². The summed E-state index contributed by atoms with van der Waals surface area (Å²) in [6.45, 7) is 6.45. The number of aryl methyl sites for hydroxylation is 3. The van der Waals surface area contributed by atoms with Crippen LogP contribution in [0.4, 0.5) is 0 Å². The number of hydrogen-bond acceptors (Lipinski definition) is 4. The molecule has 3 aromatic carbocycles. The number of rotatable bonds is 5. The molecule has 1 aliphatic heterocycles. The van der Waals surface area contributed by atoms with Gasteiger partial charge in [-0.15, -0.1) is 11.8 Å². The van der Waals surface area contributed by atoms with E-state index in [2.05, 4.69) is 65.7 Å². The number of nitrogens with zero attached hydrogens (tertiary/aromatic N) is 2. The maximum Gasteiger partial charge on any atom is 0.273 e. The summed E-state index contributed by atoms with van der Waals surface area (Å²) >= 11 is 1.69. The minimum atomic E-state index is -0.312. The van der Waals surface area contributed by atoms with E-state index in [4.69, 9.17) is 0 Å². The number of phenolic OH excluding ortho intramolecular Hbond substituents is 1. The molecule has 4 aromatic rings. The number of thioether (sulfide) groups is 1. The second-order valence-corrected chi connectivity index (χ2v) is 9.81. The Bertz CT molecular complexity index is 1350. The van der Waals surface area contributed by atoms with E-state index in [1.54, 1.807) is 17.8 Å². The van der Waals surface area contributed by atoms with E-state index < -0.39 is 0 Å². The maximum atomic E-state index is 13.6. The molecule has 5 rings (SSSR count). The van der Waals surface area contributed by atoms with Crippen molar-refractivity contribution in [3.05, 3.63) is 99.7 Å². The van der Waals surface area contributed by atoms with Crippen LogP contribution in [0.3, 0.4) is 0 Å². The smallest absolute Gasteiger partial charge is 0.273 e. The van der Waals surface area contributed by atoms with Crippen LogP contribution in [-0.4, -0.2) is 32.4 Å². The summed E-state index contributed by atoms with van der Waals surface area (Å²) in [6, 6.07) is 20.1. The lowest BCUT2D eigenvalue weighted by molar-refractivity contribution is 0.0730. The average molecular weight is 470 g/mol. The number of hydrogen-bond donors (Lipinski definition) is 2. The SMILES string of the molecule is CSc1ccc(C2c3c(-c4c(C)cc(C)cc4O)n[nH]c3C(=O)N2Cc2ccc(C)cc2)cc1. The summed E-state index contributed by atoms with van der Waals surface area (Å²) in [7, 11) is 0. The number of carbonyl (C=O) groups is 1. The van der Waals surface area contributed by atoms with Gasteiger partial charge in [0.25, 0.3) is 5.91 Å². The third kappa shape index (κ3) is 3.78. The minimum absolute atomic E-state index is 0.0856. The van der Waals surface area contributed by atoms with Crippen molar-refractivity contribution in [2.75, 3.05) is 6.26 Å². The lowest BCUT2D eigenvalue weighted by Crippen LogP contribution is -2.29. The molecule has 1 unspecified atom stereocenters. The fourth-order valence-corrected chi connectivity index (χ4v) is 5.23. The van der Waals surface area contributed by atoms with Gasteiger partial charge in [-0.3, -0.25) is 9.89 Å². The zero-order valence-corrected chi connectivity index (χ0v) is 20.5. The highest BCUT2D eigenvalue weighted by Crippen LogP contribution is 2.46. The Morgan fingerprint density at radius 2 is 1.71 bits per heavy atom. The van der Waals surface area contributed by atoms with Crippen LogP contribution in [0.15, 0.2) is 65.6 Å². The predicted molar refractivity (Wildman–Crippen MR) is 136 cm³/mol. The van der Waals surface area contributed by atoms with Crippen molar-refractivity contribution in [3.63, 3.8) is 0 Å². The number of H-pyrrole nitrogens is 1. The molecule has 1 aromatic heterocycles. The molecule has 1 amide bonds. The zero-order valence-electron chi connectivity index (χ0n) is 19.7. The van der Waals surface area contributed by atoms with E-state index in [9.17, 15) is 9.90 Å². The van der Waals surface area contributed by atoms with Crippen molar-refractivity contribution in [2.24, 2.45) is 0 Å². The highest BCUT2D eigenvalue weighted by Gasteiger charge is 2.42. The Hall–Kier alpha value is -3.51. The lowest BCUT2D eigenvalue weighted by Gasteiger charge is -2.27. The summed E-state index contributed by atoms with van der Waals surface area (Å²) in [4.78, 5) is 16.7. The van der Waals surface area contributed by atoms with Crippen LogP contribution >= 0.6 is 11.8 Å². The van der Waals surface area contributed by atoms with E-state index in [-0.39, 0.29) is 17.7 Å². The first-order valence-corrected chi connectivity index (χ1v) is 12.5. The van der Waals surface area contributed by atoms with Crippen molar-refractivity contribution >= 4 is 17.7 Å². The lowest BCUT2D eigenvalue weighted by atomic mass is 9.93. The summed E-state index contributed by atoms with van der Waals surface area (Å²) < 4.78 is 0. The van der Waals surface area contributed by atoms with Gasteiger partial charge >= 0.3 is 0 Å². The quantitative estimate of drug-likeness (QED) is 0.343. The molecule has 0 fully saturated rings. The first kappa shape index (κ1) is 22.3. The maximum absolute atomic E-state index is 13.6. The summed E-state index contributed by atoms with van der Waals surface area (Å²) in [5.74, 6) is 0.0882. The number of phenols is 1. The second kappa shape index (κ2) is 8.69. The molecule has 0 spiro atoms. The number of amides is 1. The van der Waals surface area contributed by atoms with Gasteiger partial charge < -0.3 is 10.0 Å². The number of aromatic nitrogens is 2. The number of aromatic hydroxyl groups is 1. The zero-order chi connectivity index (χ0) is 24.0. The van der Waals surface area contributed by atoms with Crippen molar-refractivity contribution in [2.45, 2.75) is 38.3 Å². The Balaban J connectivity index is 1.67. The van der Waals surface area contributed by atoms with Gasteiger partial charge in [0.15, 0.2) is 0 Å². The van der Waals surface area contributed by atoms with Gasteiger partial charge in [0.1, 0.15) is 17.1 Å². The molecular weight excluding hydrogens is 442 g/mol. The normalized spacial score (nSPS) is 15.1. The summed E-state index contributed by atoms with van der Waals surface area (Å²) in [6.07, 6.45) is 2.05. The number of fused-ring (bicyclic) bond motifs is 1. The molecular formula is C28H27N3O2S. The number of benzene rings is 3. The molecule has 0 saturated carbocycles. The van der Waals surface area contributed by atoms with Crippen LogP contribution in [0, 0.1) is 20.8 Å². The van der Waals surface area contributed by atoms with E-state index in [0.29, 0.717) is 23.5 Å². The molecule has 2 heterocycles. The van der Waals surface area contributed by atoms with Crippen LogP contribution < -0.4 is 0 Å². The van der Waals surface area contributed by atoms with E-state index >= 15 is 0 Å². The third-order valence-corrected chi connectivity index (χ3v) is 7.21. The highest BCUT2D eigenvalue weighted by molar-refractivity contribution is 7.98. The van der Waals surface area contributed by atoms with Gasteiger partial charge in [-0.25, -0.2) is 0 Å². The van der Waals surface area contributed by atoms with Crippen molar-refractivity contribution in [1.82, 2.24) is 15.1 Å². The highest BCUT2D eigenvalue weighted by atomic mass is 32.2. The standard InChI is InChI=1S/C28H27N3O2S/c1-16-5-7-19(8-6-16)15-31-27(20-9-11-21(34-4)12-10-20)24-25(29-30-26(24)28(31)33)23-18(3)13-17(2)14-22(23)32/h5-14,27,32H,15H2,1-4H3,(H,29,30). The first-order chi connectivity index (χ1) is 16.4. The number of aromatic amines is 1.